The summed E-state index contributed by atoms with van der Waals surface area (Å²) in [6.45, 7) is 6.57. The second-order valence-corrected chi connectivity index (χ2v) is 5.72. The number of carbonyl (C=O) groups is 1. The van der Waals surface area contributed by atoms with Gasteiger partial charge in [-0.3, -0.25) is 9.78 Å². The Bertz CT molecular complexity index is 584. The third-order valence-corrected chi connectivity index (χ3v) is 2.86. The first-order chi connectivity index (χ1) is 9.35. The van der Waals surface area contributed by atoms with Gasteiger partial charge in [0.05, 0.1) is 18.1 Å². The lowest BCUT2D eigenvalue weighted by Crippen LogP contribution is -2.39. The third kappa shape index (κ3) is 3.69. The number of aromatic amines is 1. The fourth-order valence-electron chi connectivity index (χ4n) is 1.95. The molecular weight excluding hydrogens is 258 g/mol. The van der Waals surface area contributed by atoms with Crippen molar-refractivity contribution in [1.29, 1.82) is 0 Å². The summed E-state index contributed by atoms with van der Waals surface area (Å²) in [4.78, 5) is 31.4. The number of carbonyl (C=O) groups excluding carboxylic acids is 1. The number of nitrogens with zero attached hydrogens (tertiary/aromatic N) is 2. The molecule has 0 fully saturated rings. The van der Waals surface area contributed by atoms with Gasteiger partial charge in [0.15, 0.2) is 0 Å². The molecule has 20 heavy (non-hydrogen) atoms. The average Bonchev–Trinajstić information content (AvgIpc) is 2.37. The zero-order valence-corrected chi connectivity index (χ0v) is 12.0. The van der Waals surface area contributed by atoms with Crippen LogP contribution in [0.4, 0.5) is 4.79 Å². The molecule has 0 saturated heterocycles. The predicted octanol–water partition coefficient (Wildman–Crippen LogP) is 1.79. The lowest BCUT2D eigenvalue weighted by atomic mass is 10.1. The number of rotatable bonds is 1. The van der Waals surface area contributed by atoms with Crippen molar-refractivity contribution in [3.8, 4) is 0 Å². The van der Waals surface area contributed by atoms with Gasteiger partial charge in [-0.05, 0) is 32.8 Å². The maximum atomic E-state index is 11.9. The third-order valence-electron chi connectivity index (χ3n) is 2.86. The van der Waals surface area contributed by atoms with Crippen molar-refractivity contribution in [2.75, 3.05) is 13.1 Å². The average molecular weight is 277 g/mol. The molecule has 0 aliphatic carbocycles. The van der Waals surface area contributed by atoms with E-state index in [9.17, 15) is 9.59 Å². The van der Waals surface area contributed by atoms with E-state index in [-0.39, 0.29) is 11.7 Å². The highest BCUT2D eigenvalue weighted by Gasteiger charge is 2.23. The first-order valence-electron chi connectivity index (χ1n) is 6.57. The summed E-state index contributed by atoms with van der Waals surface area (Å²) in [6, 6.07) is 0. The van der Waals surface area contributed by atoms with E-state index >= 15 is 0 Å². The van der Waals surface area contributed by atoms with Crippen LogP contribution >= 0.6 is 0 Å². The zero-order chi connectivity index (χ0) is 14.8. The molecule has 1 aromatic heterocycles. The molecule has 0 bridgehead atoms. The zero-order valence-electron chi connectivity index (χ0n) is 12.0. The molecule has 1 aliphatic rings. The molecule has 1 aromatic rings. The van der Waals surface area contributed by atoms with Gasteiger partial charge in [-0.2, -0.15) is 0 Å². The van der Waals surface area contributed by atoms with Gasteiger partial charge in [0.2, 0.25) is 0 Å². The van der Waals surface area contributed by atoms with E-state index in [0.717, 1.165) is 5.57 Å². The van der Waals surface area contributed by atoms with Crippen LogP contribution in [0, 0.1) is 0 Å². The van der Waals surface area contributed by atoms with Gasteiger partial charge >= 0.3 is 6.09 Å². The molecule has 0 atom stereocenters. The highest BCUT2D eigenvalue weighted by molar-refractivity contribution is 5.71. The maximum Gasteiger partial charge on any atom is 0.410 e. The fourth-order valence-corrected chi connectivity index (χ4v) is 1.95. The predicted molar refractivity (Wildman–Crippen MR) is 75.3 cm³/mol. The van der Waals surface area contributed by atoms with Crippen LogP contribution < -0.4 is 5.56 Å². The van der Waals surface area contributed by atoms with Crippen LogP contribution in [0.5, 0.6) is 0 Å². The minimum absolute atomic E-state index is 0.224. The van der Waals surface area contributed by atoms with Crippen LogP contribution in [-0.2, 0) is 4.74 Å². The molecule has 2 rings (SSSR count). The minimum Gasteiger partial charge on any atom is -0.444 e. The summed E-state index contributed by atoms with van der Waals surface area (Å²) in [5.74, 6) is 0. The summed E-state index contributed by atoms with van der Waals surface area (Å²) in [6.07, 6.45) is 5.13. The van der Waals surface area contributed by atoms with E-state index in [1.807, 2.05) is 26.8 Å². The summed E-state index contributed by atoms with van der Waals surface area (Å²) >= 11 is 0. The van der Waals surface area contributed by atoms with Crippen LogP contribution in [0.3, 0.4) is 0 Å². The number of nitrogens with one attached hydrogen (secondary N) is 1. The van der Waals surface area contributed by atoms with Crippen molar-refractivity contribution in [2.24, 2.45) is 0 Å². The quantitative estimate of drug-likeness (QED) is 0.849. The molecule has 6 nitrogen and oxygen atoms in total. The highest BCUT2D eigenvalue weighted by Crippen LogP contribution is 2.20. The van der Waals surface area contributed by atoms with Gasteiger partial charge in [-0.25, -0.2) is 4.79 Å². The number of ether oxygens (including phenoxy) is 1. The minimum atomic E-state index is -0.490. The Morgan fingerprint density at radius 3 is 2.70 bits per heavy atom. The van der Waals surface area contributed by atoms with Gasteiger partial charge in [0.25, 0.3) is 5.56 Å². The fraction of sp³-hybridized carbons (Fsp3) is 0.500. The number of hydrogen-bond donors (Lipinski definition) is 1. The molecule has 2 heterocycles. The largest absolute Gasteiger partial charge is 0.444 e. The van der Waals surface area contributed by atoms with Crippen molar-refractivity contribution >= 4 is 11.7 Å². The van der Waals surface area contributed by atoms with Crippen LogP contribution in [-0.4, -0.2) is 39.7 Å². The molecule has 0 aromatic carbocycles. The van der Waals surface area contributed by atoms with Gasteiger partial charge < -0.3 is 14.6 Å². The van der Waals surface area contributed by atoms with Crippen LogP contribution in [0.25, 0.3) is 5.57 Å². The molecule has 1 aliphatic heterocycles. The standard InChI is InChI=1S/C14H19N3O3/c1-14(2,3)20-13(19)17-6-4-10(5-7-17)11-8-15-9-12(18)16-11/h4,8-9H,5-7H2,1-3H3,(H,16,18). The first kappa shape index (κ1) is 14.3. The molecule has 1 N–H and O–H groups in total. The summed E-state index contributed by atoms with van der Waals surface area (Å²) in [5, 5.41) is 0. The Hall–Kier alpha value is -2.11. The van der Waals surface area contributed by atoms with Crippen molar-refractivity contribution in [3.63, 3.8) is 0 Å². The van der Waals surface area contributed by atoms with Crippen molar-refractivity contribution in [3.05, 3.63) is 34.5 Å². The van der Waals surface area contributed by atoms with Crippen LogP contribution in [0.1, 0.15) is 32.9 Å². The molecule has 0 radical (unpaired) electrons. The Morgan fingerprint density at radius 2 is 2.15 bits per heavy atom. The first-order valence-corrected chi connectivity index (χ1v) is 6.57. The van der Waals surface area contributed by atoms with E-state index in [0.29, 0.717) is 25.2 Å². The monoisotopic (exact) mass is 277 g/mol. The normalized spacial score (nSPS) is 15.8. The molecule has 6 heteroatoms. The highest BCUT2D eigenvalue weighted by atomic mass is 16.6. The Labute approximate surface area is 117 Å². The van der Waals surface area contributed by atoms with E-state index < -0.39 is 5.60 Å². The lowest BCUT2D eigenvalue weighted by Gasteiger charge is -2.29. The molecule has 1 amide bonds. The molecule has 0 saturated carbocycles. The van der Waals surface area contributed by atoms with Crippen LogP contribution in [0.15, 0.2) is 23.3 Å². The molecule has 108 valence electrons. The Kier molecular flexibility index (Phi) is 3.92. The number of aromatic nitrogens is 2. The van der Waals surface area contributed by atoms with E-state index in [2.05, 4.69) is 9.97 Å². The summed E-state index contributed by atoms with van der Waals surface area (Å²) in [5.41, 5.74) is 0.990. The molecular formula is C14H19N3O3. The topological polar surface area (TPSA) is 75.3 Å². The van der Waals surface area contributed by atoms with Crippen molar-refractivity contribution < 1.29 is 9.53 Å². The SMILES string of the molecule is CC(C)(C)OC(=O)N1CC=C(c2cncc(=O)[nH]2)CC1. The van der Waals surface area contributed by atoms with Gasteiger partial charge in [-0.1, -0.05) is 6.08 Å². The number of amides is 1. The Morgan fingerprint density at radius 1 is 1.40 bits per heavy atom. The molecule has 0 unspecified atom stereocenters. The smallest absolute Gasteiger partial charge is 0.410 e. The Balaban J connectivity index is 2.04. The van der Waals surface area contributed by atoms with Crippen molar-refractivity contribution in [2.45, 2.75) is 32.8 Å². The second kappa shape index (κ2) is 5.48. The van der Waals surface area contributed by atoms with Crippen LogP contribution in [0.2, 0.25) is 0 Å². The van der Waals surface area contributed by atoms with Gasteiger partial charge in [-0.15, -0.1) is 0 Å². The lowest BCUT2D eigenvalue weighted by molar-refractivity contribution is 0.0270. The summed E-state index contributed by atoms with van der Waals surface area (Å²) in [7, 11) is 0. The van der Waals surface area contributed by atoms with Gasteiger partial charge in [0, 0.05) is 13.1 Å². The maximum absolute atomic E-state index is 11.9. The number of H-pyrrole nitrogens is 1. The van der Waals surface area contributed by atoms with E-state index in [4.69, 9.17) is 4.74 Å². The van der Waals surface area contributed by atoms with Gasteiger partial charge in [0.1, 0.15) is 5.60 Å². The van der Waals surface area contributed by atoms with E-state index in [1.54, 1.807) is 11.1 Å². The number of hydrogen-bond acceptors (Lipinski definition) is 4. The van der Waals surface area contributed by atoms with E-state index in [1.165, 1.54) is 6.20 Å². The van der Waals surface area contributed by atoms with Crippen molar-refractivity contribution in [1.82, 2.24) is 14.9 Å². The molecule has 0 spiro atoms. The summed E-state index contributed by atoms with van der Waals surface area (Å²) < 4.78 is 5.32. The second-order valence-electron chi connectivity index (χ2n) is 5.72.